The van der Waals surface area contributed by atoms with E-state index in [2.05, 4.69) is 31.4 Å². The van der Waals surface area contributed by atoms with Gasteiger partial charge in [0.2, 0.25) is 0 Å². The predicted molar refractivity (Wildman–Crippen MR) is 199 cm³/mol. The standard InChI is InChI=1S/C39H78N6O3/c1-29(10-4-19-44-21-9-22-45-20-5-15-40)32-11-12-33-37-34(28-36(39(32,33)3)48-25-8-18-43)38(2)14-13-31(46-23-6-16-41)26-30(38)27-35(37)47-24-7-17-42/h29-37,44-45H,4-28,40-43H2,1-3H3/t29?,30?,31-,32?,33+,34?,35-,36+,37?,38?,39?/m1/s1. The molecule has 4 saturated carbocycles. The summed E-state index contributed by atoms with van der Waals surface area (Å²) in [5.74, 6) is 3.83. The fraction of sp³-hybridized carbons (Fsp3) is 1.00. The van der Waals surface area contributed by atoms with Gasteiger partial charge < -0.3 is 47.8 Å². The first-order valence-electron chi connectivity index (χ1n) is 20.4. The predicted octanol–water partition coefficient (Wildman–Crippen LogP) is 4.40. The highest BCUT2D eigenvalue weighted by Gasteiger charge is 2.66. The van der Waals surface area contributed by atoms with E-state index >= 15 is 0 Å². The van der Waals surface area contributed by atoms with Crippen LogP contribution in [0.4, 0.5) is 0 Å². The Morgan fingerprint density at radius 2 is 1.29 bits per heavy atom. The van der Waals surface area contributed by atoms with Gasteiger partial charge in [-0.3, -0.25) is 0 Å². The molecule has 4 rings (SSSR count). The van der Waals surface area contributed by atoms with Crippen molar-refractivity contribution in [1.82, 2.24) is 10.6 Å². The molecule has 7 unspecified atom stereocenters. The molecule has 9 heteroatoms. The Hall–Kier alpha value is -0.360. The number of nitrogens with two attached hydrogens (primary N) is 4. The van der Waals surface area contributed by atoms with Gasteiger partial charge in [0.1, 0.15) is 0 Å². The van der Waals surface area contributed by atoms with Gasteiger partial charge in [-0.1, -0.05) is 20.8 Å². The first-order chi connectivity index (χ1) is 23.3. The van der Waals surface area contributed by atoms with E-state index in [-0.39, 0.29) is 11.5 Å². The molecule has 4 aliphatic rings. The highest BCUT2D eigenvalue weighted by Crippen LogP contribution is 2.69. The Bertz CT molecular complexity index is 885. The number of ether oxygens (including phenoxy) is 3. The van der Waals surface area contributed by atoms with Crippen molar-refractivity contribution in [2.45, 2.75) is 129 Å². The third-order valence-electron chi connectivity index (χ3n) is 13.8. The molecule has 0 aromatic carbocycles. The van der Waals surface area contributed by atoms with Gasteiger partial charge in [-0.15, -0.1) is 0 Å². The van der Waals surface area contributed by atoms with E-state index in [0.717, 1.165) is 91.1 Å². The van der Waals surface area contributed by atoms with Crippen LogP contribution >= 0.6 is 0 Å². The van der Waals surface area contributed by atoms with Crippen molar-refractivity contribution in [2.75, 3.05) is 72.2 Å². The van der Waals surface area contributed by atoms with Gasteiger partial charge in [-0.25, -0.2) is 0 Å². The topological polar surface area (TPSA) is 156 Å². The molecule has 9 nitrogen and oxygen atoms in total. The summed E-state index contributed by atoms with van der Waals surface area (Å²) in [4.78, 5) is 0. The van der Waals surface area contributed by atoms with Crippen molar-refractivity contribution in [3.63, 3.8) is 0 Å². The van der Waals surface area contributed by atoms with Gasteiger partial charge >= 0.3 is 0 Å². The van der Waals surface area contributed by atoms with E-state index < -0.39 is 0 Å². The molecule has 4 aliphatic carbocycles. The minimum atomic E-state index is 0.166. The maximum Gasteiger partial charge on any atom is 0.0637 e. The number of hydrogen-bond donors (Lipinski definition) is 6. The zero-order chi connectivity index (χ0) is 34.4. The SMILES string of the molecule is CC(CCCNCCCNCCCN)C1CC[C@H]2C3C(C[C@H](OCCCN)C12C)C1(C)CC[C@@H](OCCCN)CC1C[C@H]3OCCCN. The van der Waals surface area contributed by atoms with Crippen molar-refractivity contribution in [2.24, 2.45) is 69.3 Å². The zero-order valence-corrected chi connectivity index (χ0v) is 31.4. The molecule has 0 aromatic heterocycles. The lowest BCUT2D eigenvalue weighted by Gasteiger charge is -2.65. The van der Waals surface area contributed by atoms with Crippen LogP contribution in [0.25, 0.3) is 0 Å². The van der Waals surface area contributed by atoms with Crippen LogP contribution < -0.4 is 33.6 Å². The third-order valence-corrected chi connectivity index (χ3v) is 13.8. The van der Waals surface area contributed by atoms with Gasteiger partial charge in [0.15, 0.2) is 0 Å². The van der Waals surface area contributed by atoms with Crippen molar-refractivity contribution in [3.05, 3.63) is 0 Å². The Morgan fingerprint density at radius 1 is 0.667 bits per heavy atom. The normalized spacial score (nSPS) is 36.8. The van der Waals surface area contributed by atoms with Gasteiger partial charge in [-0.2, -0.15) is 0 Å². The molecule has 0 spiro atoms. The number of rotatable bonds is 24. The fourth-order valence-electron chi connectivity index (χ4n) is 11.2. The molecule has 0 saturated heterocycles. The van der Waals surface area contributed by atoms with E-state index in [1.165, 1.54) is 51.4 Å². The first kappa shape index (κ1) is 40.4. The van der Waals surface area contributed by atoms with Gasteiger partial charge in [0.05, 0.1) is 18.3 Å². The quantitative estimate of drug-likeness (QED) is 0.0815. The second-order valence-corrected chi connectivity index (χ2v) is 16.6. The molecule has 10 N–H and O–H groups in total. The average Bonchev–Trinajstić information content (AvgIpc) is 3.44. The van der Waals surface area contributed by atoms with Crippen LogP contribution in [0, 0.1) is 46.3 Å². The molecule has 48 heavy (non-hydrogen) atoms. The van der Waals surface area contributed by atoms with Crippen LogP contribution in [0.1, 0.15) is 111 Å². The molecule has 0 aromatic rings. The molecule has 4 fully saturated rings. The van der Waals surface area contributed by atoms with E-state index in [9.17, 15) is 0 Å². The Morgan fingerprint density at radius 3 is 1.98 bits per heavy atom. The average molecular weight is 679 g/mol. The maximum absolute atomic E-state index is 7.02. The highest BCUT2D eigenvalue weighted by molar-refractivity contribution is 5.15. The smallest absolute Gasteiger partial charge is 0.0637 e. The van der Waals surface area contributed by atoms with Crippen LogP contribution in [0.5, 0.6) is 0 Å². The Balaban J connectivity index is 1.46. The second-order valence-electron chi connectivity index (χ2n) is 16.6. The summed E-state index contributed by atoms with van der Waals surface area (Å²) in [6.07, 6.45) is 17.0. The lowest BCUT2D eigenvalue weighted by Crippen LogP contribution is -2.63. The third kappa shape index (κ3) is 9.94. The summed E-state index contributed by atoms with van der Waals surface area (Å²) >= 11 is 0. The number of hydrogen-bond acceptors (Lipinski definition) is 9. The first-order valence-corrected chi connectivity index (χ1v) is 20.4. The van der Waals surface area contributed by atoms with Crippen molar-refractivity contribution in [1.29, 1.82) is 0 Å². The summed E-state index contributed by atoms with van der Waals surface area (Å²) in [5.41, 5.74) is 23.8. The van der Waals surface area contributed by atoms with E-state index in [1.807, 2.05) is 0 Å². The summed E-state index contributed by atoms with van der Waals surface area (Å²) in [6, 6.07) is 0. The largest absolute Gasteiger partial charge is 0.378 e. The van der Waals surface area contributed by atoms with Crippen LogP contribution in [0.15, 0.2) is 0 Å². The van der Waals surface area contributed by atoms with Gasteiger partial charge in [0.25, 0.3) is 0 Å². The van der Waals surface area contributed by atoms with Crippen molar-refractivity contribution < 1.29 is 14.2 Å². The summed E-state index contributed by atoms with van der Waals surface area (Å²) in [5, 5.41) is 7.19. The maximum atomic E-state index is 7.02. The van der Waals surface area contributed by atoms with E-state index in [0.29, 0.717) is 72.8 Å². The number of fused-ring (bicyclic) bond motifs is 5. The van der Waals surface area contributed by atoms with Crippen molar-refractivity contribution >= 4 is 0 Å². The lowest BCUT2D eigenvalue weighted by molar-refractivity contribution is -0.227. The lowest BCUT2D eigenvalue weighted by atomic mass is 9.43. The van der Waals surface area contributed by atoms with E-state index in [4.69, 9.17) is 37.1 Å². The molecule has 0 bridgehead atoms. The van der Waals surface area contributed by atoms with Gasteiger partial charge in [0, 0.05) is 25.2 Å². The second kappa shape index (κ2) is 20.6. The monoisotopic (exact) mass is 679 g/mol. The summed E-state index contributed by atoms with van der Waals surface area (Å²) in [6.45, 7) is 17.3. The molecule has 11 atom stereocenters. The Labute approximate surface area is 294 Å². The van der Waals surface area contributed by atoms with Crippen LogP contribution in [-0.4, -0.2) is 90.5 Å². The number of nitrogens with one attached hydrogen (secondary N) is 2. The molecule has 0 aliphatic heterocycles. The highest BCUT2D eigenvalue weighted by atomic mass is 16.5. The molecule has 282 valence electrons. The molecular weight excluding hydrogens is 600 g/mol. The zero-order valence-electron chi connectivity index (χ0n) is 31.4. The van der Waals surface area contributed by atoms with Crippen LogP contribution in [0.3, 0.4) is 0 Å². The fourth-order valence-corrected chi connectivity index (χ4v) is 11.2. The van der Waals surface area contributed by atoms with Crippen LogP contribution in [-0.2, 0) is 14.2 Å². The summed E-state index contributed by atoms with van der Waals surface area (Å²) < 4.78 is 20.3. The van der Waals surface area contributed by atoms with Crippen LogP contribution in [0.2, 0.25) is 0 Å². The Kier molecular flexibility index (Phi) is 17.4. The molecule has 0 radical (unpaired) electrons. The van der Waals surface area contributed by atoms with Gasteiger partial charge in [-0.05, 0) is 183 Å². The molecule has 0 heterocycles. The molecule has 0 amide bonds. The minimum Gasteiger partial charge on any atom is -0.378 e. The van der Waals surface area contributed by atoms with Crippen molar-refractivity contribution in [3.8, 4) is 0 Å². The van der Waals surface area contributed by atoms with E-state index in [1.54, 1.807) is 0 Å². The molecular formula is C39H78N6O3. The minimum absolute atomic E-state index is 0.166. The summed E-state index contributed by atoms with van der Waals surface area (Å²) in [7, 11) is 0.